The SMILES string of the molecule is NC(=O)C1CCCCC1OCNC(=O)CNC(=O)[C@H](Cc1ccccc1)NC(=O)COC(=O)CNC(=O)CCCCCN1C(=O)C=CC1=O. The van der Waals surface area contributed by atoms with E-state index in [1.807, 2.05) is 0 Å². The van der Waals surface area contributed by atoms with Crippen LogP contribution in [0.4, 0.5) is 0 Å². The molecule has 16 heteroatoms. The molecule has 266 valence electrons. The van der Waals surface area contributed by atoms with Gasteiger partial charge in [0, 0.05) is 31.5 Å². The molecule has 0 bridgehead atoms. The van der Waals surface area contributed by atoms with Crippen molar-refractivity contribution >= 4 is 47.3 Å². The fraction of sp³-hybridized carbons (Fsp3) is 0.515. The molecule has 1 saturated carbocycles. The summed E-state index contributed by atoms with van der Waals surface area (Å²) in [6.07, 6.45) is 6.89. The Morgan fingerprint density at radius 3 is 2.27 bits per heavy atom. The lowest BCUT2D eigenvalue weighted by Gasteiger charge is -2.29. The number of rotatable bonds is 20. The smallest absolute Gasteiger partial charge is 0.325 e. The second-order valence-corrected chi connectivity index (χ2v) is 11.7. The summed E-state index contributed by atoms with van der Waals surface area (Å²) in [5.41, 5.74) is 6.18. The number of imide groups is 1. The highest BCUT2D eigenvalue weighted by Crippen LogP contribution is 2.26. The Labute approximate surface area is 283 Å². The molecule has 16 nitrogen and oxygen atoms in total. The minimum atomic E-state index is -1.10. The first-order valence-electron chi connectivity index (χ1n) is 16.3. The Hall–Kier alpha value is -5.12. The Morgan fingerprint density at radius 2 is 1.55 bits per heavy atom. The molecule has 1 aliphatic carbocycles. The first kappa shape index (κ1) is 38.3. The summed E-state index contributed by atoms with van der Waals surface area (Å²) in [6, 6.07) is 7.74. The van der Waals surface area contributed by atoms with Gasteiger partial charge in [0.25, 0.3) is 17.7 Å². The van der Waals surface area contributed by atoms with Crippen LogP contribution in [0.25, 0.3) is 0 Å². The van der Waals surface area contributed by atoms with Gasteiger partial charge < -0.3 is 36.5 Å². The second kappa shape index (κ2) is 20.3. The third-order valence-electron chi connectivity index (χ3n) is 7.97. The Kier molecular flexibility index (Phi) is 15.9. The molecule has 0 radical (unpaired) electrons. The summed E-state index contributed by atoms with van der Waals surface area (Å²) in [6.45, 7) is -1.48. The van der Waals surface area contributed by atoms with Gasteiger partial charge in [0.05, 0.1) is 18.6 Å². The van der Waals surface area contributed by atoms with Crippen LogP contribution in [0.3, 0.4) is 0 Å². The number of nitrogens with two attached hydrogens (primary N) is 1. The zero-order chi connectivity index (χ0) is 35.6. The number of unbranched alkanes of at least 4 members (excludes halogenated alkanes) is 2. The zero-order valence-electron chi connectivity index (χ0n) is 27.3. The summed E-state index contributed by atoms with van der Waals surface area (Å²) in [5.74, 6) is -4.81. The monoisotopic (exact) mass is 684 g/mol. The number of carbonyl (C=O) groups excluding carboxylic acids is 8. The first-order valence-corrected chi connectivity index (χ1v) is 16.3. The van der Waals surface area contributed by atoms with E-state index < -0.39 is 67.2 Å². The number of hydrogen-bond donors (Lipinski definition) is 5. The molecule has 1 fully saturated rings. The van der Waals surface area contributed by atoms with Gasteiger partial charge in [0.2, 0.25) is 23.6 Å². The summed E-state index contributed by atoms with van der Waals surface area (Å²) in [4.78, 5) is 98.0. The molecule has 49 heavy (non-hydrogen) atoms. The van der Waals surface area contributed by atoms with E-state index in [1.165, 1.54) is 12.2 Å². The van der Waals surface area contributed by atoms with Crippen molar-refractivity contribution < 1.29 is 47.8 Å². The fourth-order valence-corrected chi connectivity index (χ4v) is 5.34. The Morgan fingerprint density at radius 1 is 0.837 bits per heavy atom. The van der Waals surface area contributed by atoms with Crippen molar-refractivity contribution in [3.63, 3.8) is 0 Å². The summed E-state index contributed by atoms with van der Waals surface area (Å²) < 4.78 is 10.6. The predicted molar refractivity (Wildman–Crippen MR) is 172 cm³/mol. The molecule has 1 aromatic rings. The zero-order valence-corrected chi connectivity index (χ0v) is 27.3. The molecule has 3 atom stereocenters. The standard InChI is InChI=1S/C33H44N6O10/c34-32(46)23-11-6-7-12-25(23)49-21-37-27(41)18-36-33(47)24(17-22-9-3-1-4-10-22)38-28(42)20-48-31(45)19-35-26(40)13-5-2-8-16-39-29(43)14-15-30(39)44/h1,3-4,9-10,14-15,23-25H,2,5-8,11-13,16-21H2,(H2,34,46)(H,35,40)(H,36,47)(H,37,41)(H,38,42)/t23?,24-,25?/m0/s1. The van der Waals surface area contributed by atoms with Gasteiger partial charge in [-0.25, -0.2) is 0 Å². The van der Waals surface area contributed by atoms with Crippen LogP contribution in [0.15, 0.2) is 42.5 Å². The van der Waals surface area contributed by atoms with Crippen LogP contribution in [0.1, 0.15) is 56.9 Å². The molecular formula is C33H44N6O10. The fourth-order valence-electron chi connectivity index (χ4n) is 5.34. The van der Waals surface area contributed by atoms with E-state index in [0.29, 0.717) is 32.1 Å². The minimum absolute atomic E-state index is 0.0882. The van der Waals surface area contributed by atoms with E-state index in [9.17, 15) is 38.4 Å². The molecule has 3 rings (SSSR count). The highest BCUT2D eigenvalue weighted by atomic mass is 16.5. The molecule has 1 heterocycles. The van der Waals surface area contributed by atoms with E-state index in [4.69, 9.17) is 15.2 Å². The third kappa shape index (κ3) is 13.9. The van der Waals surface area contributed by atoms with Gasteiger partial charge in [-0.1, -0.05) is 49.6 Å². The number of nitrogens with zero attached hydrogens (tertiary/aromatic N) is 1. The number of nitrogens with one attached hydrogen (secondary N) is 4. The number of hydrogen-bond acceptors (Lipinski definition) is 10. The molecule has 0 spiro atoms. The lowest BCUT2D eigenvalue weighted by atomic mass is 9.86. The third-order valence-corrected chi connectivity index (χ3v) is 7.97. The lowest BCUT2D eigenvalue weighted by molar-refractivity contribution is -0.148. The molecule has 6 N–H and O–H groups in total. The average Bonchev–Trinajstić information content (AvgIpc) is 3.41. The van der Waals surface area contributed by atoms with Crippen LogP contribution in [0.2, 0.25) is 0 Å². The highest BCUT2D eigenvalue weighted by molar-refractivity contribution is 6.12. The predicted octanol–water partition coefficient (Wildman–Crippen LogP) is -0.891. The van der Waals surface area contributed by atoms with E-state index in [2.05, 4.69) is 21.3 Å². The molecule has 2 unspecified atom stereocenters. The van der Waals surface area contributed by atoms with Crippen LogP contribution < -0.4 is 27.0 Å². The summed E-state index contributed by atoms with van der Waals surface area (Å²) in [7, 11) is 0. The Balaban J connectivity index is 1.35. The van der Waals surface area contributed by atoms with Crippen molar-refractivity contribution in [3.05, 3.63) is 48.0 Å². The van der Waals surface area contributed by atoms with Gasteiger partial charge in [0.1, 0.15) is 19.3 Å². The van der Waals surface area contributed by atoms with Crippen LogP contribution in [0, 0.1) is 5.92 Å². The molecule has 0 aromatic heterocycles. The largest absolute Gasteiger partial charge is 0.454 e. The number of esters is 1. The van der Waals surface area contributed by atoms with Crippen LogP contribution in [0.5, 0.6) is 0 Å². The van der Waals surface area contributed by atoms with E-state index in [1.54, 1.807) is 30.3 Å². The van der Waals surface area contributed by atoms with E-state index >= 15 is 0 Å². The molecule has 0 saturated heterocycles. The molecule has 7 amide bonds. The molecular weight excluding hydrogens is 640 g/mol. The summed E-state index contributed by atoms with van der Waals surface area (Å²) in [5, 5.41) is 9.92. The maximum absolute atomic E-state index is 13.0. The van der Waals surface area contributed by atoms with Crippen LogP contribution in [-0.4, -0.2) is 97.3 Å². The average molecular weight is 685 g/mol. The summed E-state index contributed by atoms with van der Waals surface area (Å²) >= 11 is 0. The number of amides is 7. The van der Waals surface area contributed by atoms with Crippen molar-refractivity contribution in [2.45, 2.75) is 69.9 Å². The second-order valence-electron chi connectivity index (χ2n) is 11.7. The maximum atomic E-state index is 13.0. The van der Waals surface area contributed by atoms with Crippen LogP contribution in [-0.2, 0) is 54.3 Å². The van der Waals surface area contributed by atoms with Crippen molar-refractivity contribution in [1.82, 2.24) is 26.2 Å². The molecule has 2 aliphatic rings. The van der Waals surface area contributed by atoms with Crippen molar-refractivity contribution in [1.29, 1.82) is 0 Å². The van der Waals surface area contributed by atoms with E-state index in [0.717, 1.165) is 23.3 Å². The van der Waals surface area contributed by atoms with Gasteiger partial charge in [-0.15, -0.1) is 0 Å². The minimum Gasteiger partial charge on any atom is -0.454 e. The van der Waals surface area contributed by atoms with Crippen molar-refractivity contribution in [2.24, 2.45) is 11.7 Å². The normalized spacial score (nSPS) is 17.6. The maximum Gasteiger partial charge on any atom is 0.325 e. The van der Waals surface area contributed by atoms with Gasteiger partial charge in [0.15, 0.2) is 6.61 Å². The topological polar surface area (TPSA) is 232 Å². The van der Waals surface area contributed by atoms with Gasteiger partial charge in [-0.05, 0) is 31.2 Å². The number of carbonyl (C=O) groups is 8. The van der Waals surface area contributed by atoms with E-state index in [-0.39, 0.29) is 44.0 Å². The lowest BCUT2D eigenvalue weighted by Crippen LogP contribution is -2.51. The van der Waals surface area contributed by atoms with Gasteiger partial charge >= 0.3 is 5.97 Å². The molecule has 1 aromatic carbocycles. The Bertz CT molecular complexity index is 1370. The van der Waals surface area contributed by atoms with Crippen molar-refractivity contribution in [2.75, 3.05) is 33.0 Å². The highest BCUT2D eigenvalue weighted by Gasteiger charge is 2.30. The number of ether oxygens (including phenoxy) is 2. The number of primary amides is 1. The van der Waals surface area contributed by atoms with Gasteiger partial charge in [-0.3, -0.25) is 43.3 Å². The number of benzene rings is 1. The van der Waals surface area contributed by atoms with Gasteiger partial charge in [-0.2, -0.15) is 0 Å². The van der Waals surface area contributed by atoms with Crippen molar-refractivity contribution in [3.8, 4) is 0 Å². The first-order chi connectivity index (χ1) is 23.5. The van der Waals surface area contributed by atoms with Crippen LogP contribution >= 0.6 is 0 Å². The molecule has 1 aliphatic heterocycles. The quantitative estimate of drug-likeness (QED) is 0.0492.